The fourth-order valence-corrected chi connectivity index (χ4v) is 21.1. The number of hydrogen-bond acceptors (Lipinski definition) is 6. The second-order valence-corrected chi connectivity index (χ2v) is 45.8. The zero-order valence-electron chi connectivity index (χ0n) is 75.8. The van der Waals surface area contributed by atoms with Gasteiger partial charge in [-0.2, -0.15) is 0 Å². The normalized spacial score (nSPS) is 14.2. The molecule has 6 aromatic rings. The Morgan fingerprint density at radius 2 is 0.281 bits per heavy atom. The summed E-state index contributed by atoms with van der Waals surface area (Å²) in [6, 6.07) is 25.6. The summed E-state index contributed by atoms with van der Waals surface area (Å²) in [7, 11) is 0. The van der Waals surface area contributed by atoms with Gasteiger partial charge in [0.1, 0.15) is 0 Å². The largest absolute Gasteiger partial charge is 0.481 e. The SMILES string of the molecule is CC(C)(C)CC(C)(C)c1cc2c(CC(=O)O)c(c1)Cc1cc(C(C)(C)CC(C)(C)C)cc(c1CC(=O)O)Cc1cc(C(C)(C)CC(C)(C)C)cc(c1CC(=O)O)Cc1cc(C(C)(C)CC(C)(C)C)cc(c1CC(=O)O)Cc1cc(C(C)(C)CC(C)(C)C)cc(c1CC(=O)O)Cc1cc(C(C)(C)CC(C)(C)C)cc(c1CC(=O)O)C2. The summed E-state index contributed by atoms with van der Waals surface area (Å²) in [6.07, 6.45) is 2.43. The van der Waals surface area contributed by atoms with Gasteiger partial charge in [0.05, 0.1) is 38.5 Å². The van der Waals surface area contributed by atoms with Crippen LogP contribution in [0.4, 0.5) is 0 Å². The summed E-state index contributed by atoms with van der Waals surface area (Å²) < 4.78 is 0. The second-order valence-electron chi connectivity index (χ2n) is 45.8. The zero-order chi connectivity index (χ0) is 86.5. The average Bonchev–Trinajstić information content (AvgIpc) is 0.754. The van der Waals surface area contributed by atoms with Crippen molar-refractivity contribution in [2.75, 3.05) is 0 Å². The highest BCUT2D eigenvalue weighted by atomic mass is 16.4. The van der Waals surface area contributed by atoms with Gasteiger partial charge in [0.15, 0.2) is 0 Å². The van der Waals surface area contributed by atoms with E-state index in [2.05, 4.69) is 281 Å². The lowest BCUT2D eigenvalue weighted by molar-refractivity contribution is -0.137. The van der Waals surface area contributed by atoms with Gasteiger partial charge in [0, 0.05) is 0 Å². The number of fused-ring (bicyclic) bond motifs is 12. The quantitative estimate of drug-likeness (QED) is 0.0332. The molecular weight excluding hydrogens is 1420 g/mol. The van der Waals surface area contributed by atoms with E-state index >= 15 is 0 Å². The molecule has 0 radical (unpaired) electrons. The highest BCUT2D eigenvalue weighted by Gasteiger charge is 2.39. The van der Waals surface area contributed by atoms with Crippen LogP contribution in [-0.4, -0.2) is 66.5 Å². The molecule has 0 aliphatic heterocycles. The van der Waals surface area contributed by atoms with Crippen LogP contribution < -0.4 is 0 Å². The highest BCUT2D eigenvalue weighted by Crippen LogP contribution is 2.48. The van der Waals surface area contributed by atoms with E-state index in [0.717, 1.165) is 33.4 Å². The molecule has 0 saturated carbocycles. The summed E-state index contributed by atoms with van der Waals surface area (Å²) in [5, 5.41) is 69.0. The van der Waals surface area contributed by atoms with Crippen LogP contribution in [0.1, 0.15) is 380 Å². The van der Waals surface area contributed by atoms with Gasteiger partial charge >= 0.3 is 35.8 Å². The molecule has 0 amide bonds. The van der Waals surface area contributed by atoms with Crippen molar-refractivity contribution in [3.05, 3.63) is 206 Å². The van der Waals surface area contributed by atoms with E-state index in [1.54, 1.807) is 0 Å². The van der Waals surface area contributed by atoms with E-state index in [-0.39, 0.29) is 71.0 Å². The molecule has 12 bridgehead atoms. The Bertz CT molecular complexity index is 3730. The molecule has 0 saturated heterocycles. The molecular formula is C102H144O12. The summed E-state index contributed by atoms with van der Waals surface area (Å²) in [4.78, 5) is 84.5. The monoisotopic (exact) mass is 1560 g/mol. The minimum absolute atomic E-state index is 0.106. The molecule has 12 heteroatoms. The molecule has 1 aliphatic rings. The van der Waals surface area contributed by atoms with Gasteiger partial charge in [-0.3, -0.25) is 28.8 Å². The molecule has 0 aromatic heterocycles. The summed E-state index contributed by atoms with van der Waals surface area (Å²) >= 11 is 0. The molecule has 0 atom stereocenters. The Morgan fingerprint density at radius 3 is 0.351 bits per heavy atom. The maximum absolute atomic E-state index is 14.1. The van der Waals surface area contributed by atoms with Gasteiger partial charge < -0.3 is 30.6 Å². The summed E-state index contributed by atoms with van der Waals surface area (Å²) in [6.45, 7) is 66.1. The molecule has 7 rings (SSSR count). The van der Waals surface area contributed by atoms with Crippen LogP contribution in [0.5, 0.6) is 0 Å². The first kappa shape index (κ1) is 93.3. The molecule has 0 heterocycles. The van der Waals surface area contributed by atoms with Crippen molar-refractivity contribution in [3.8, 4) is 0 Å². The van der Waals surface area contributed by atoms with Gasteiger partial charge in [-0.05, 0) is 276 Å². The van der Waals surface area contributed by atoms with Crippen molar-refractivity contribution in [2.24, 2.45) is 32.5 Å². The number of carboxylic acid groups (broad SMARTS) is 6. The van der Waals surface area contributed by atoms with Crippen LogP contribution in [0.2, 0.25) is 0 Å². The minimum atomic E-state index is -1.08. The fraction of sp³-hybridized carbons (Fsp3) is 0.588. The molecule has 1 aliphatic carbocycles. The Labute approximate surface area is 686 Å². The zero-order valence-corrected chi connectivity index (χ0v) is 75.8. The predicted molar refractivity (Wildman–Crippen MR) is 466 cm³/mol. The fourth-order valence-electron chi connectivity index (χ4n) is 21.1. The molecule has 0 unspecified atom stereocenters. The molecule has 0 fully saturated rings. The predicted octanol–water partition coefficient (Wildman–Crippen LogP) is 23.6. The van der Waals surface area contributed by atoms with Gasteiger partial charge in [0.25, 0.3) is 0 Å². The molecule has 114 heavy (non-hydrogen) atoms. The molecule has 6 N–H and O–H groups in total. The lowest BCUT2D eigenvalue weighted by atomic mass is 9.69. The van der Waals surface area contributed by atoms with Gasteiger partial charge in [0.2, 0.25) is 0 Å². The third kappa shape index (κ3) is 25.6. The van der Waals surface area contributed by atoms with E-state index in [9.17, 15) is 59.4 Å². The Kier molecular flexibility index (Phi) is 27.5. The topological polar surface area (TPSA) is 224 Å². The number of carboxylic acids is 6. The number of carbonyl (C=O) groups is 6. The maximum Gasteiger partial charge on any atom is 0.307 e. The summed E-state index contributed by atoms with van der Waals surface area (Å²) in [5.41, 5.74) is 12.8. The lowest BCUT2D eigenvalue weighted by Gasteiger charge is -2.36. The summed E-state index contributed by atoms with van der Waals surface area (Å²) in [5.74, 6) is -6.48. The lowest BCUT2D eigenvalue weighted by Crippen LogP contribution is -2.27. The average molecular weight is 1560 g/mol. The van der Waals surface area contributed by atoms with E-state index in [1.165, 1.54) is 0 Å². The van der Waals surface area contributed by atoms with Gasteiger partial charge in [-0.1, -0.05) is 281 Å². The third-order valence-electron chi connectivity index (χ3n) is 23.4. The first-order valence-corrected chi connectivity index (χ1v) is 41.7. The Morgan fingerprint density at radius 1 is 0.193 bits per heavy atom. The standard InChI is InChI=1S/C102H144O12/c1-91(2,3)55-97(19,20)73-37-61-31-63-39-74(98(21,22)56-92(4,5)6)41-65(80(63)50-86(105)106)33-67-43-76(100(25,26)58-94(10,11)12)45-69(82(67)52-88(109)110)35-71-47-78(102(29,30)60-96(16,17)18)48-72(84(71)54-90(113)114)36-70-46-77(101(27,28)59-95(13,14)15)44-68(83(70)53-89(111)112)34-66-42-75(99(23,24)57-93(7,8)9)40-64(81(66)51-87(107)108)32-62(38-73)79(61)49-85(103)104/h37-48H,31-36,49-60H2,1-30H3,(H,103,104)(H,105,106)(H,107,108)(H,109,110)(H,111,112)(H,113,114). The van der Waals surface area contributed by atoms with Crippen LogP contribution in [0, 0.1) is 32.5 Å². The van der Waals surface area contributed by atoms with Crippen molar-refractivity contribution < 1.29 is 59.4 Å². The highest BCUT2D eigenvalue weighted by molar-refractivity contribution is 5.77. The number of aliphatic carboxylic acids is 6. The van der Waals surface area contributed by atoms with Crippen molar-refractivity contribution in [1.29, 1.82) is 0 Å². The number of rotatable bonds is 24. The van der Waals surface area contributed by atoms with Crippen LogP contribution in [0.25, 0.3) is 0 Å². The molecule has 0 spiro atoms. The van der Waals surface area contributed by atoms with E-state index in [4.69, 9.17) is 0 Å². The van der Waals surface area contributed by atoms with Crippen LogP contribution in [0.3, 0.4) is 0 Å². The smallest absolute Gasteiger partial charge is 0.307 e. The van der Waals surface area contributed by atoms with Crippen molar-refractivity contribution in [2.45, 2.75) is 356 Å². The first-order chi connectivity index (χ1) is 51.5. The second kappa shape index (κ2) is 33.6. The number of benzene rings is 6. The maximum atomic E-state index is 14.1. The first-order valence-electron chi connectivity index (χ1n) is 41.7. The molecule has 12 nitrogen and oxygen atoms in total. The van der Waals surface area contributed by atoms with Gasteiger partial charge in [-0.25, -0.2) is 0 Å². The van der Waals surface area contributed by atoms with Crippen LogP contribution in [0.15, 0.2) is 72.8 Å². The molecule has 6 aromatic carbocycles. The van der Waals surface area contributed by atoms with Crippen molar-refractivity contribution >= 4 is 35.8 Å². The number of hydrogen-bond donors (Lipinski definition) is 6. The van der Waals surface area contributed by atoms with Crippen molar-refractivity contribution in [1.82, 2.24) is 0 Å². The third-order valence-corrected chi connectivity index (χ3v) is 23.4. The van der Waals surface area contributed by atoms with E-state index < -0.39 is 107 Å². The minimum Gasteiger partial charge on any atom is -0.481 e. The van der Waals surface area contributed by atoms with E-state index in [0.29, 0.717) is 139 Å². The Balaban J connectivity index is 1.91. The van der Waals surface area contributed by atoms with Gasteiger partial charge in [-0.15, -0.1) is 0 Å². The van der Waals surface area contributed by atoms with E-state index in [1.807, 2.05) is 0 Å². The Hall–Kier alpha value is -7.86. The van der Waals surface area contributed by atoms with Crippen LogP contribution in [-0.2, 0) is 138 Å². The van der Waals surface area contributed by atoms with Crippen LogP contribution >= 0.6 is 0 Å². The van der Waals surface area contributed by atoms with Crippen molar-refractivity contribution in [3.63, 3.8) is 0 Å². The molecule has 624 valence electrons.